The van der Waals surface area contributed by atoms with Gasteiger partial charge in [0.15, 0.2) is 0 Å². The van der Waals surface area contributed by atoms with E-state index in [4.69, 9.17) is 0 Å². The number of aromatic nitrogens is 2. The van der Waals surface area contributed by atoms with E-state index in [1.165, 1.54) is 11.3 Å². The van der Waals surface area contributed by atoms with Gasteiger partial charge in [-0.2, -0.15) is 0 Å². The smallest absolute Gasteiger partial charge is 0.0600 e. The summed E-state index contributed by atoms with van der Waals surface area (Å²) in [5.74, 6) is 0. The van der Waals surface area contributed by atoms with E-state index >= 15 is 0 Å². The highest BCUT2D eigenvalue weighted by atomic mass is 15.1. The second kappa shape index (κ2) is 8.22. The molecule has 0 saturated carbocycles. The number of hydrogen-bond donors (Lipinski definition) is 1. The van der Waals surface area contributed by atoms with Crippen molar-refractivity contribution in [1.29, 1.82) is 0 Å². The number of hydrogen-bond acceptors (Lipinski definition) is 4. The summed E-state index contributed by atoms with van der Waals surface area (Å²) in [7, 11) is 2.09. The second-order valence-electron chi connectivity index (χ2n) is 5.77. The average Bonchev–Trinajstić information content (AvgIpc) is 2.64. The quantitative estimate of drug-likeness (QED) is 0.725. The predicted molar refractivity (Wildman–Crippen MR) is 97.6 cm³/mol. The molecule has 2 heterocycles. The summed E-state index contributed by atoms with van der Waals surface area (Å²) in [5.41, 5.74) is 4.55. The van der Waals surface area contributed by atoms with E-state index in [1.54, 1.807) is 0 Å². The number of para-hydroxylation sites is 1. The Morgan fingerprint density at radius 1 is 0.833 bits per heavy atom. The van der Waals surface area contributed by atoms with E-state index in [9.17, 15) is 0 Å². The third kappa shape index (κ3) is 4.64. The van der Waals surface area contributed by atoms with Gasteiger partial charge in [-0.25, -0.2) is 0 Å². The topological polar surface area (TPSA) is 41.0 Å². The number of benzene rings is 1. The second-order valence-corrected chi connectivity index (χ2v) is 5.77. The molecule has 0 saturated heterocycles. The monoisotopic (exact) mass is 318 g/mol. The van der Waals surface area contributed by atoms with Crippen molar-refractivity contribution in [2.75, 3.05) is 11.9 Å². The van der Waals surface area contributed by atoms with Gasteiger partial charge in [0.25, 0.3) is 0 Å². The average molecular weight is 318 g/mol. The molecule has 3 rings (SSSR count). The third-order valence-electron chi connectivity index (χ3n) is 3.84. The molecule has 122 valence electrons. The number of rotatable bonds is 7. The number of pyridine rings is 2. The molecule has 1 aromatic carbocycles. The first-order valence-electron chi connectivity index (χ1n) is 8.12. The molecule has 0 fully saturated rings. The van der Waals surface area contributed by atoms with E-state index < -0.39 is 0 Å². The van der Waals surface area contributed by atoms with Crippen LogP contribution in [0, 0.1) is 0 Å². The standard InChI is InChI=1S/C20H22N4/c1-24(20-8-3-2-4-9-20)16-19-13-17(10-12-23-19)14-21-15-18-7-5-6-11-22-18/h2-13,21H,14-16H2,1H3. The van der Waals surface area contributed by atoms with E-state index in [0.29, 0.717) is 0 Å². The van der Waals surface area contributed by atoms with Crippen LogP contribution in [0.3, 0.4) is 0 Å². The van der Waals surface area contributed by atoms with Crippen molar-refractivity contribution < 1.29 is 0 Å². The van der Waals surface area contributed by atoms with Crippen LogP contribution in [0.25, 0.3) is 0 Å². The molecule has 0 unspecified atom stereocenters. The molecule has 0 aliphatic heterocycles. The van der Waals surface area contributed by atoms with Crippen molar-refractivity contribution >= 4 is 5.69 Å². The minimum Gasteiger partial charge on any atom is -0.369 e. The van der Waals surface area contributed by atoms with Crippen LogP contribution in [0.5, 0.6) is 0 Å². The number of nitrogens with zero attached hydrogens (tertiary/aromatic N) is 3. The Bertz CT molecular complexity index is 744. The lowest BCUT2D eigenvalue weighted by Crippen LogP contribution is -2.18. The zero-order chi connectivity index (χ0) is 16.6. The van der Waals surface area contributed by atoms with Gasteiger partial charge in [-0.05, 0) is 42.0 Å². The van der Waals surface area contributed by atoms with Crippen molar-refractivity contribution in [3.8, 4) is 0 Å². The molecular weight excluding hydrogens is 296 g/mol. The Balaban J connectivity index is 1.56. The summed E-state index contributed by atoms with van der Waals surface area (Å²) in [5, 5.41) is 3.43. The van der Waals surface area contributed by atoms with Gasteiger partial charge in [0.1, 0.15) is 0 Å². The van der Waals surface area contributed by atoms with Gasteiger partial charge in [-0.3, -0.25) is 9.97 Å². The summed E-state index contributed by atoms with van der Waals surface area (Å²) in [6.45, 7) is 2.36. The van der Waals surface area contributed by atoms with Gasteiger partial charge in [-0.15, -0.1) is 0 Å². The van der Waals surface area contributed by atoms with E-state index in [1.807, 2.05) is 36.7 Å². The third-order valence-corrected chi connectivity index (χ3v) is 3.84. The van der Waals surface area contributed by atoms with Gasteiger partial charge < -0.3 is 10.2 Å². The van der Waals surface area contributed by atoms with Crippen LogP contribution in [0.15, 0.2) is 73.1 Å². The fraction of sp³-hybridized carbons (Fsp3) is 0.200. The SMILES string of the molecule is CN(Cc1cc(CNCc2ccccn2)ccn1)c1ccccc1. The highest BCUT2D eigenvalue weighted by Crippen LogP contribution is 2.14. The van der Waals surface area contributed by atoms with Crippen LogP contribution in [0.4, 0.5) is 5.69 Å². The molecule has 0 aliphatic rings. The van der Waals surface area contributed by atoms with Crippen molar-refractivity contribution in [2.45, 2.75) is 19.6 Å². The maximum Gasteiger partial charge on any atom is 0.0600 e. The zero-order valence-corrected chi connectivity index (χ0v) is 13.9. The Kier molecular flexibility index (Phi) is 5.53. The lowest BCUT2D eigenvalue weighted by atomic mass is 10.2. The van der Waals surface area contributed by atoms with E-state index in [0.717, 1.165) is 31.0 Å². The number of nitrogens with one attached hydrogen (secondary N) is 1. The predicted octanol–water partition coefficient (Wildman–Crippen LogP) is 3.40. The molecule has 2 aromatic heterocycles. The first-order valence-corrected chi connectivity index (χ1v) is 8.12. The summed E-state index contributed by atoms with van der Waals surface area (Å²) in [4.78, 5) is 11.0. The molecule has 4 heteroatoms. The van der Waals surface area contributed by atoms with Gasteiger partial charge in [-0.1, -0.05) is 24.3 Å². The molecule has 0 amide bonds. The molecule has 0 atom stereocenters. The van der Waals surface area contributed by atoms with Crippen molar-refractivity contribution in [2.24, 2.45) is 0 Å². The summed E-state index contributed by atoms with van der Waals surface area (Å²) in [6, 6.07) is 20.5. The van der Waals surface area contributed by atoms with Gasteiger partial charge in [0.05, 0.1) is 17.9 Å². The minimum atomic E-state index is 0.766. The molecule has 0 aliphatic carbocycles. The lowest BCUT2D eigenvalue weighted by Gasteiger charge is -2.19. The maximum absolute atomic E-state index is 4.49. The molecule has 1 N–H and O–H groups in total. The van der Waals surface area contributed by atoms with Crippen LogP contribution >= 0.6 is 0 Å². The highest BCUT2D eigenvalue weighted by molar-refractivity contribution is 5.45. The molecular formula is C20H22N4. The minimum absolute atomic E-state index is 0.766. The maximum atomic E-state index is 4.49. The first-order chi connectivity index (χ1) is 11.8. The van der Waals surface area contributed by atoms with Crippen LogP contribution in [-0.2, 0) is 19.6 Å². The molecule has 3 aromatic rings. The fourth-order valence-electron chi connectivity index (χ4n) is 2.58. The van der Waals surface area contributed by atoms with Crippen molar-refractivity contribution in [3.63, 3.8) is 0 Å². The van der Waals surface area contributed by atoms with Crippen LogP contribution in [-0.4, -0.2) is 17.0 Å². The Labute approximate surface area is 143 Å². The van der Waals surface area contributed by atoms with Crippen LogP contribution in [0.1, 0.15) is 17.0 Å². The highest BCUT2D eigenvalue weighted by Gasteiger charge is 2.04. The van der Waals surface area contributed by atoms with Crippen molar-refractivity contribution in [3.05, 3.63) is 90.0 Å². The normalized spacial score (nSPS) is 10.5. The zero-order valence-electron chi connectivity index (χ0n) is 13.9. The van der Waals surface area contributed by atoms with Gasteiger partial charge in [0.2, 0.25) is 0 Å². The molecule has 0 radical (unpaired) electrons. The summed E-state index contributed by atoms with van der Waals surface area (Å²) < 4.78 is 0. The summed E-state index contributed by atoms with van der Waals surface area (Å²) >= 11 is 0. The van der Waals surface area contributed by atoms with Crippen LogP contribution in [0.2, 0.25) is 0 Å². The van der Waals surface area contributed by atoms with Gasteiger partial charge >= 0.3 is 0 Å². The van der Waals surface area contributed by atoms with E-state index in [2.05, 4.69) is 63.6 Å². The number of anilines is 1. The summed E-state index contributed by atoms with van der Waals surface area (Å²) in [6.07, 6.45) is 3.70. The largest absolute Gasteiger partial charge is 0.369 e. The molecule has 0 bridgehead atoms. The Hall–Kier alpha value is -2.72. The molecule has 4 nitrogen and oxygen atoms in total. The van der Waals surface area contributed by atoms with Crippen molar-refractivity contribution in [1.82, 2.24) is 15.3 Å². The Morgan fingerprint density at radius 3 is 2.42 bits per heavy atom. The lowest BCUT2D eigenvalue weighted by molar-refractivity contribution is 0.677. The first kappa shape index (κ1) is 16.1. The van der Waals surface area contributed by atoms with Crippen LogP contribution < -0.4 is 10.2 Å². The molecule has 24 heavy (non-hydrogen) atoms. The Morgan fingerprint density at radius 2 is 1.62 bits per heavy atom. The molecule has 0 spiro atoms. The fourth-order valence-corrected chi connectivity index (χ4v) is 2.58. The van der Waals surface area contributed by atoms with Gasteiger partial charge in [0, 0.05) is 38.2 Å². The van der Waals surface area contributed by atoms with E-state index in [-0.39, 0.29) is 0 Å².